The van der Waals surface area contributed by atoms with Gasteiger partial charge in [0.2, 0.25) is 0 Å². The maximum atomic E-state index is 14.1. The van der Waals surface area contributed by atoms with Gasteiger partial charge in [0, 0.05) is 23.7 Å². The van der Waals surface area contributed by atoms with Gasteiger partial charge in [-0.15, -0.1) is 0 Å². The van der Waals surface area contributed by atoms with Crippen LogP contribution in [0.5, 0.6) is 5.75 Å². The summed E-state index contributed by atoms with van der Waals surface area (Å²) in [7, 11) is 0. The van der Waals surface area contributed by atoms with Crippen LogP contribution in [-0.2, 0) is 24.3 Å². The molecule has 7 heteroatoms. The number of benzene rings is 2. The van der Waals surface area contributed by atoms with E-state index >= 15 is 0 Å². The molecule has 1 aliphatic rings. The van der Waals surface area contributed by atoms with E-state index in [-0.39, 0.29) is 18.3 Å². The molecule has 0 atom stereocenters. The first-order chi connectivity index (χ1) is 13.7. The van der Waals surface area contributed by atoms with Crippen LogP contribution in [0, 0.1) is 17.1 Å². The summed E-state index contributed by atoms with van der Waals surface area (Å²) in [5, 5.41) is 9.38. The highest BCUT2D eigenvalue weighted by molar-refractivity contribution is 6.31. The lowest BCUT2D eigenvalue weighted by Crippen LogP contribution is -2.40. The molecule has 1 aliphatic heterocycles. The molecule has 1 heterocycles. The Morgan fingerprint density at radius 2 is 2.07 bits per heavy atom. The van der Waals surface area contributed by atoms with Gasteiger partial charge in [-0.05, 0) is 62.6 Å². The Morgan fingerprint density at radius 3 is 2.72 bits per heavy atom. The second-order valence-electron chi connectivity index (χ2n) is 7.90. The number of amides is 1. The Kier molecular flexibility index (Phi) is 5.99. The fourth-order valence-electron chi connectivity index (χ4n) is 3.08. The molecule has 2 aromatic carbocycles. The van der Waals surface area contributed by atoms with Crippen molar-refractivity contribution in [2.45, 2.75) is 45.9 Å². The molecule has 1 amide bonds. The predicted molar refractivity (Wildman–Crippen MR) is 107 cm³/mol. The lowest BCUT2D eigenvalue weighted by molar-refractivity contribution is 0.0223. The third kappa shape index (κ3) is 5.18. The van der Waals surface area contributed by atoms with Crippen molar-refractivity contribution < 1.29 is 18.7 Å². The second-order valence-corrected chi connectivity index (χ2v) is 8.31. The van der Waals surface area contributed by atoms with Crippen LogP contribution in [0.2, 0.25) is 5.02 Å². The van der Waals surface area contributed by atoms with Gasteiger partial charge in [-0.3, -0.25) is 0 Å². The molecule has 5 nitrogen and oxygen atoms in total. The number of nitriles is 1. The van der Waals surface area contributed by atoms with Crippen molar-refractivity contribution in [2.24, 2.45) is 0 Å². The summed E-state index contributed by atoms with van der Waals surface area (Å²) in [4.78, 5) is 14.0. The first-order valence-electron chi connectivity index (χ1n) is 9.27. The van der Waals surface area contributed by atoms with Crippen molar-refractivity contribution in [3.8, 4) is 11.8 Å². The van der Waals surface area contributed by atoms with E-state index in [9.17, 15) is 9.18 Å². The molecule has 3 rings (SSSR count). The molecule has 0 aliphatic carbocycles. The zero-order valence-corrected chi connectivity index (χ0v) is 17.3. The minimum atomic E-state index is -0.564. The van der Waals surface area contributed by atoms with Crippen LogP contribution in [0.3, 0.4) is 0 Å². The first-order valence-corrected chi connectivity index (χ1v) is 9.64. The molecule has 0 saturated heterocycles. The average Bonchev–Trinajstić information content (AvgIpc) is 2.65. The Morgan fingerprint density at radius 1 is 1.31 bits per heavy atom. The smallest absolute Gasteiger partial charge is 0.410 e. The van der Waals surface area contributed by atoms with Crippen molar-refractivity contribution in [3.63, 3.8) is 0 Å². The number of carbonyl (C=O) groups is 1. The summed E-state index contributed by atoms with van der Waals surface area (Å²) < 4.78 is 25.2. The number of halogens is 2. The van der Waals surface area contributed by atoms with Gasteiger partial charge in [-0.25, -0.2) is 9.18 Å². The highest BCUT2D eigenvalue weighted by Gasteiger charge is 2.27. The molecule has 0 radical (unpaired) electrons. The second kappa shape index (κ2) is 8.30. The zero-order chi connectivity index (χ0) is 21.2. The summed E-state index contributed by atoms with van der Waals surface area (Å²) in [6.45, 7) is 6.38. The summed E-state index contributed by atoms with van der Waals surface area (Å²) in [6, 6.07) is 9.66. The number of carbonyl (C=O) groups excluding carboxylic acids is 1. The average molecular weight is 417 g/mol. The van der Waals surface area contributed by atoms with Gasteiger partial charge in [0.25, 0.3) is 0 Å². The number of rotatable bonds is 3. The molecule has 0 aromatic heterocycles. The highest BCUT2D eigenvalue weighted by Crippen LogP contribution is 2.32. The number of ether oxygens (including phenoxy) is 2. The van der Waals surface area contributed by atoms with Crippen molar-refractivity contribution in [2.75, 3.05) is 6.54 Å². The maximum Gasteiger partial charge on any atom is 0.410 e. The van der Waals surface area contributed by atoms with E-state index in [1.165, 1.54) is 12.1 Å². The third-order valence-corrected chi connectivity index (χ3v) is 4.82. The third-order valence-electron chi connectivity index (χ3n) is 4.48. The Bertz CT molecular complexity index is 979. The van der Waals surface area contributed by atoms with E-state index in [4.69, 9.17) is 26.3 Å². The standard InChI is InChI=1S/C22H22ClFN2O3/c1-22(2,3)29-21(27)26-7-6-18-16(12-26)9-17(10-19(18)23)28-13-15-5-4-14(11-25)8-20(15)24/h4-5,8-10H,6-7,12-13H2,1-3H3. The van der Waals surface area contributed by atoms with Gasteiger partial charge in [0.1, 0.15) is 23.8 Å². The molecule has 0 unspecified atom stereocenters. The molecular formula is C22H22ClFN2O3. The van der Waals surface area contributed by atoms with Gasteiger partial charge in [-0.2, -0.15) is 5.26 Å². The van der Waals surface area contributed by atoms with Gasteiger partial charge >= 0.3 is 6.09 Å². The normalized spacial score (nSPS) is 13.4. The van der Waals surface area contributed by atoms with E-state index < -0.39 is 11.4 Å². The fraction of sp³-hybridized carbons (Fsp3) is 0.364. The SMILES string of the molecule is CC(C)(C)OC(=O)N1CCc2c(Cl)cc(OCc3ccc(C#N)cc3F)cc2C1. The van der Waals surface area contributed by atoms with Gasteiger partial charge < -0.3 is 14.4 Å². The molecule has 29 heavy (non-hydrogen) atoms. The Labute approximate surface area is 174 Å². The maximum absolute atomic E-state index is 14.1. The monoisotopic (exact) mass is 416 g/mol. The van der Waals surface area contributed by atoms with E-state index in [2.05, 4.69) is 0 Å². The van der Waals surface area contributed by atoms with Gasteiger partial charge in [0.15, 0.2) is 0 Å². The van der Waals surface area contributed by atoms with Crippen LogP contribution in [0.25, 0.3) is 0 Å². The van der Waals surface area contributed by atoms with Crippen LogP contribution in [0.15, 0.2) is 30.3 Å². The fourth-order valence-corrected chi connectivity index (χ4v) is 3.40. The minimum absolute atomic E-state index is 0.00242. The number of hydrogen-bond acceptors (Lipinski definition) is 4. The summed E-state index contributed by atoms with van der Waals surface area (Å²) >= 11 is 6.41. The topological polar surface area (TPSA) is 62.6 Å². The van der Waals surface area contributed by atoms with Crippen molar-refractivity contribution in [3.05, 3.63) is 63.4 Å². The first kappa shape index (κ1) is 20.9. The van der Waals surface area contributed by atoms with Crippen molar-refractivity contribution in [1.82, 2.24) is 4.90 Å². The largest absolute Gasteiger partial charge is 0.489 e. The molecule has 0 spiro atoms. The highest BCUT2D eigenvalue weighted by atomic mass is 35.5. The molecule has 152 valence electrons. The van der Waals surface area contributed by atoms with Crippen molar-refractivity contribution >= 4 is 17.7 Å². The van der Waals surface area contributed by atoms with Gasteiger partial charge in [-0.1, -0.05) is 17.7 Å². The molecule has 2 aromatic rings. The molecule has 0 saturated carbocycles. The van der Waals surface area contributed by atoms with Crippen LogP contribution in [0.1, 0.15) is 43.0 Å². The van der Waals surface area contributed by atoms with E-state index in [1.54, 1.807) is 17.0 Å². The number of fused-ring (bicyclic) bond motifs is 1. The minimum Gasteiger partial charge on any atom is -0.489 e. The lowest BCUT2D eigenvalue weighted by Gasteiger charge is -2.31. The van der Waals surface area contributed by atoms with Crippen LogP contribution in [-0.4, -0.2) is 23.1 Å². The molecule has 0 fully saturated rings. The summed E-state index contributed by atoms with van der Waals surface area (Å²) in [5.74, 6) is -0.00671. The molecule has 0 N–H and O–H groups in total. The number of hydrogen-bond donors (Lipinski definition) is 0. The van der Waals surface area contributed by atoms with Crippen LogP contribution < -0.4 is 4.74 Å². The predicted octanol–water partition coefficient (Wildman–Crippen LogP) is 5.22. The molecule has 0 bridgehead atoms. The van der Waals surface area contributed by atoms with E-state index in [0.717, 1.165) is 11.1 Å². The van der Waals surface area contributed by atoms with Crippen LogP contribution >= 0.6 is 11.6 Å². The van der Waals surface area contributed by atoms with Gasteiger partial charge in [0.05, 0.1) is 11.6 Å². The lowest BCUT2D eigenvalue weighted by atomic mass is 9.99. The van der Waals surface area contributed by atoms with Crippen molar-refractivity contribution in [1.29, 1.82) is 5.26 Å². The quantitative estimate of drug-likeness (QED) is 0.687. The number of nitrogens with zero attached hydrogens (tertiary/aromatic N) is 2. The Balaban J connectivity index is 1.74. The van der Waals surface area contributed by atoms with E-state index in [0.29, 0.717) is 35.8 Å². The summed E-state index contributed by atoms with van der Waals surface area (Å²) in [6.07, 6.45) is 0.253. The Hall–Kier alpha value is -2.78. The van der Waals surface area contributed by atoms with Crippen LogP contribution in [0.4, 0.5) is 9.18 Å². The van der Waals surface area contributed by atoms with E-state index in [1.807, 2.05) is 32.9 Å². The zero-order valence-electron chi connectivity index (χ0n) is 16.6. The molecular weight excluding hydrogens is 395 g/mol. The summed E-state index contributed by atoms with van der Waals surface area (Å²) in [5.41, 5.74) is 1.89.